The number of hydrogen-bond acceptors (Lipinski definition) is 4. The van der Waals surface area contributed by atoms with Gasteiger partial charge in [-0.25, -0.2) is 9.78 Å². The van der Waals surface area contributed by atoms with Crippen LogP contribution in [0.2, 0.25) is 0 Å². The lowest BCUT2D eigenvalue weighted by Gasteiger charge is -2.21. The number of rotatable bonds is 4. The molecule has 5 nitrogen and oxygen atoms in total. The predicted octanol–water partition coefficient (Wildman–Crippen LogP) is 3.77. The maximum Gasteiger partial charge on any atom is 0.331 e. The van der Waals surface area contributed by atoms with Crippen molar-refractivity contribution in [2.24, 2.45) is 0 Å². The molecule has 3 aromatic rings. The first-order valence-corrected chi connectivity index (χ1v) is 9.25. The van der Waals surface area contributed by atoms with Crippen molar-refractivity contribution in [3.8, 4) is 0 Å². The summed E-state index contributed by atoms with van der Waals surface area (Å²) in [5.74, 6) is -0.779. The van der Waals surface area contributed by atoms with Crippen molar-refractivity contribution in [1.82, 2.24) is 4.98 Å². The highest BCUT2D eigenvalue weighted by Gasteiger charge is 2.29. The zero-order chi connectivity index (χ0) is 19.5. The Bertz CT molecular complexity index is 1070. The van der Waals surface area contributed by atoms with Gasteiger partial charge in [-0.1, -0.05) is 42.5 Å². The number of anilines is 1. The lowest BCUT2D eigenvalue weighted by atomic mass is 10.2. The van der Waals surface area contributed by atoms with Crippen molar-refractivity contribution < 1.29 is 14.3 Å². The number of aromatic nitrogens is 1. The molecular formula is C23H20N2O3. The van der Waals surface area contributed by atoms with Crippen molar-refractivity contribution in [2.45, 2.75) is 19.4 Å². The number of benzene rings is 2. The van der Waals surface area contributed by atoms with Gasteiger partial charge in [-0.3, -0.25) is 4.79 Å². The average molecular weight is 372 g/mol. The Morgan fingerprint density at radius 3 is 2.75 bits per heavy atom. The number of esters is 1. The fraction of sp³-hybridized carbons (Fsp3) is 0.174. The molecule has 0 aliphatic carbocycles. The molecule has 1 unspecified atom stereocenters. The largest absolute Gasteiger partial charge is 0.449 e. The van der Waals surface area contributed by atoms with Gasteiger partial charge in [0.2, 0.25) is 0 Å². The fourth-order valence-electron chi connectivity index (χ4n) is 3.38. The van der Waals surface area contributed by atoms with Gasteiger partial charge < -0.3 is 9.64 Å². The van der Waals surface area contributed by atoms with E-state index in [1.807, 2.05) is 60.7 Å². The normalized spacial score (nSPS) is 14.2. The van der Waals surface area contributed by atoms with Crippen LogP contribution in [0.25, 0.3) is 17.0 Å². The molecule has 28 heavy (non-hydrogen) atoms. The molecule has 1 amide bonds. The topological polar surface area (TPSA) is 59.5 Å². The molecule has 0 spiro atoms. The van der Waals surface area contributed by atoms with Crippen LogP contribution in [-0.4, -0.2) is 29.5 Å². The minimum atomic E-state index is -0.854. The smallest absolute Gasteiger partial charge is 0.331 e. The monoisotopic (exact) mass is 372 g/mol. The number of para-hydroxylation sites is 2. The van der Waals surface area contributed by atoms with E-state index in [0.717, 1.165) is 28.6 Å². The van der Waals surface area contributed by atoms with Gasteiger partial charge in [0, 0.05) is 23.7 Å². The van der Waals surface area contributed by atoms with Crippen LogP contribution < -0.4 is 4.90 Å². The molecule has 5 heteroatoms. The first kappa shape index (κ1) is 17.9. The molecule has 4 rings (SSSR count). The zero-order valence-corrected chi connectivity index (χ0v) is 15.5. The van der Waals surface area contributed by atoms with Crippen molar-refractivity contribution in [1.29, 1.82) is 0 Å². The first-order valence-electron chi connectivity index (χ1n) is 9.25. The van der Waals surface area contributed by atoms with E-state index in [1.165, 1.54) is 6.08 Å². The van der Waals surface area contributed by atoms with Gasteiger partial charge in [0.25, 0.3) is 5.91 Å². The number of fused-ring (bicyclic) bond motifs is 2. The Labute approximate surface area is 163 Å². The van der Waals surface area contributed by atoms with Crippen LogP contribution in [0.1, 0.15) is 18.2 Å². The molecule has 0 radical (unpaired) electrons. The number of amides is 1. The Balaban J connectivity index is 1.40. The highest BCUT2D eigenvalue weighted by molar-refractivity contribution is 6.00. The quantitative estimate of drug-likeness (QED) is 0.517. The van der Waals surface area contributed by atoms with E-state index in [1.54, 1.807) is 17.9 Å². The van der Waals surface area contributed by atoms with Crippen LogP contribution >= 0.6 is 0 Å². The summed E-state index contributed by atoms with van der Waals surface area (Å²) in [5, 5.41) is 1.03. The molecule has 2 aromatic carbocycles. The summed E-state index contributed by atoms with van der Waals surface area (Å²) in [6, 6.07) is 19.3. The van der Waals surface area contributed by atoms with Gasteiger partial charge in [0.05, 0.1) is 11.2 Å². The van der Waals surface area contributed by atoms with Crippen molar-refractivity contribution in [3.05, 3.63) is 78.0 Å². The SMILES string of the molecule is CC(OC(=O)/C=C/c1ccc2ccccc2n1)C(=O)N1CCc2ccccc21. The van der Waals surface area contributed by atoms with Crippen LogP contribution in [0.4, 0.5) is 5.69 Å². The summed E-state index contributed by atoms with van der Waals surface area (Å²) in [6.45, 7) is 2.21. The molecule has 0 fully saturated rings. The van der Waals surface area contributed by atoms with E-state index < -0.39 is 12.1 Å². The molecule has 1 aliphatic heterocycles. The Hall–Kier alpha value is -3.47. The Morgan fingerprint density at radius 1 is 1.07 bits per heavy atom. The number of nitrogens with zero attached hydrogens (tertiary/aromatic N) is 2. The number of ether oxygens (including phenoxy) is 1. The molecule has 0 saturated carbocycles. The number of hydrogen-bond donors (Lipinski definition) is 0. The molecule has 0 N–H and O–H groups in total. The zero-order valence-electron chi connectivity index (χ0n) is 15.5. The maximum absolute atomic E-state index is 12.7. The highest BCUT2D eigenvalue weighted by Crippen LogP contribution is 2.28. The second kappa shape index (κ2) is 7.64. The summed E-state index contributed by atoms with van der Waals surface area (Å²) in [4.78, 5) is 31.0. The van der Waals surface area contributed by atoms with Crippen LogP contribution in [0.5, 0.6) is 0 Å². The predicted molar refractivity (Wildman–Crippen MR) is 109 cm³/mol. The average Bonchev–Trinajstić information content (AvgIpc) is 3.15. The van der Waals surface area contributed by atoms with Crippen LogP contribution in [0.3, 0.4) is 0 Å². The first-order chi connectivity index (χ1) is 13.6. The summed E-state index contributed by atoms with van der Waals surface area (Å²) in [5.41, 5.74) is 3.54. The second-order valence-corrected chi connectivity index (χ2v) is 6.71. The summed E-state index contributed by atoms with van der Waals surface area (Å²) < 4.78 is 5.30. The fourth-order valence-corrected chi connectivity index (χ4v) is 3.38. The summed E-state index contributed by atoms with van der Waals surface area (Å²) in [6.07, 6.45) is 2.86. The minimum absolute atomic E-state index is 0.212. The highest BCUT2D eigenvalue weighted by atomic mass is 16.5. The number of carbonyl (C=O) groups is 2. The molecule has 2 heterocycles. The molecule has 1 atom stereocenters. The van der Waals surface area contributed by atoms with Crippen LogP contribution in [-0.2, 0) is 20.7 Å². The van der Waals surface area contributed by atoms with Crippen LogP contribution in [0, 0.1) is 0 Å². The van der Waals surface area contributed by atoms with Crippen molar-refractivity contribution in [2.75, 3.05) is 11.4 Å². The third-order valence-electron chi connectivity index (χ3n) is 4.80. The third-order valence-corrected chi connectivity index (χ3v) is 4.80. The molecule has 1 aliphatic rings. The van der Waals surface area contributed by atoms with E-state index in [4.69, 9.17) is 4.74 Å². The van der Waals surface area contributed by atoms with Gasteiger partial charge in [0.1, 0.15) is 0 Å². The van der Waals surface area contributed by atoms with E-state index >= 15 is 0 Å². The number of pyridine rings is 1. The maximum atomic E-state index is 12.7. The molecule has 0 saturated heterocycles. The van der Waals surface area contributed by atoms with E-state index in [2.05, 4.69) is 4.98 Å². The lowest BCUT2D eigenvalue weighted by Crippen LogP contribution is -2.38. The third kappa shape index (κ3) is 3.64. The van der Waals surface area contributed by atoms with Crippen molar-refractivity contribution >= 4 is 34.5 Å². The van der Waals surface area contributed by atoms with E-state index in [9.17, 15) is 9.59 Å². The lowest BCUT2D eigenvalue weighted by molar-refractivity contribution is -0.149. The minimum Gasteiger partial charge on any atom is -0.449 e. The van der Waals surface area contributed by atoms with Gasteiger partial charge in [-0.2, -0.15) is 0 Å². The molecule has 0 bridgehead atoms. The Morgan fingerprint density at radius 2 is 1.86 bits per heavy atom. The van der Waals surface area contributed by atoms with E-state index in [-0.39, 0.29) is 5.91 Å². The van der Waals surface area contributed by atoms with Crippen molar-refractivity contribution in [3.63, 3.8) is 0 Å². The van der Waals surface area contributed by atoms with Gasteiger partial charge in [0.15, 0.2) is 6.10 Å². The standard InChI is InChI=1S/C23H20N2O3/c1-16(23(27)25-15-14-18-7-3-5-9-21(18)25)28-22(26)13-12-19-11-10-17-6-2-4-8-20(17)24-19/h2-13,16H,14-15H2,1H3/b13-12+. The number of carbonyl (C=O) groups excluding carboxylic acids is 2. The van der Waals surface area contributed by atoms with E-state index in [0.29, 0.717) is 12.2 Å². The van der Waals surface area contributed by atoms with Crippen LogP contribution in [0.15, 0.2) is 66.7 Å². The van der Waals surface area contributed by atoms with Gasteiger partial charge >= 0.3 is 5.97 Å². The van der Waals surface area contributed by atoms with Gasteiger partial charge in [-0.15, -0.1) is 0 Å². The van der Waals surface area contributed by atoms with Gasteiger partial charge in [-0.05, 0) is 43.2 Å². The summed E-state index contributed by atoms with van der Waals surface area (Å²) in [7, 11) is 0. The summed E-state index contributed by atoms with van der Waals surface area (Å²) >= 11 is 0. The molecule has 140 valence electrons. The molecule has 1 aromatic heterocycles. The second-order valence-electron chi connectivity index (χ2n) is 6.71. The Kier molecular flexibility index (Phi) is 4.89. The molecular weight excluding hydrogens is 352 g/mol.